The first-order valence-electron chi connectivity index (χ1n) is 10.4. The number of hydrogen-bond donors (Lipinski definition) is 1. The highest BCUT2D eigenvalue weighted by molar-refractivity contribution is 7.92. The molecule has 2 aromatic carbocycles. The van der Waals surface area contributed by atoms with Crippen LogP contribution in [0.1, 0.15) is 32.8 Å². The van der Waals surface area contributed by atoms with Gasteiger partial charge in [-0.25, -0.2) is 8.42 Å². The van der Waals surface area contributed by atoms with Crippen LogP contribution >= 0.6 is 11.6 Å². The summed E-state index contributed by atoms with van der Waals surface area (Å²) in [6, 6.07) is 14.7. The molecule has 0 bridgehead atoms. The average Bonchev–Trinajstić information content (AvgIpc) is 2.74. The van der Waals surface area contributed by atoms with Crippen LogP contribution in [0.15, 0.2) is 54.6 Å². The van der Waals surface area contributed by atoms with E-state index in [4.69, 9.17) is 11.6 Å². The quantitative estimate of drug-likeness (QED) is 0.565. The highest BCUT2D eigenvalue weighted by atomic mass is 35.5. The van der Waals surface area contributed by atoms with Crippen LogP contribution in [-0.2, 0) is 26.2 Å². The van der Waals surface area contributed by atoms with Crippen LogP contribution in [-0.4, -0.2) is 50.0 Å². The van der Waals surface area contributed by atoms with Gasteiger partial charge in [0.15, 0.2) is 0 Å². The third-order valence-corrected chi connectivity index (χ3v) is 6.52. The molecule has 2 amide bonds. The van der Waals surface area contributed by atoms with Crippen LogP contribution < -0.4 is 9.62 Å². The molecule has 0 aliphatic heterocycles. The normalized spacial score (nSPS) is 13.2. The Balaban J connectivity index is 2.35. The molecule has 0 heterocycles. The second-order valence-corrected chi connectivity index (χ2v) is 10.1. The number of sulfonamides is 1. The zero-order valence-corrected chi connectivity index (χ0v) is 20.4. The van der Waals surface area contributed by atoms with Gasteiger partial charge in [0.1, 0.15) is 12.6 Å². The minimum atomic E-state index is -3.78. The Hall–Kier alpha value is -2.58. The summed E-state index contributed by atoms with van der Waals surface area (Å²) in [5, 5.41) is 3.24. The van der Waals surface area contributed by atoms with Gasteiger partial charge in [0.2, 0.25) is 21.8 Å². The van der Waals surface area contributed by atoms with Gasteiger partial charge >= 0.3 is 0 Å². The van der Waals surface area contributed by atoms with Crippen molar-refractivity contribution < 1.29 is 18.0 Å². The highest BCUT2D eigenvalue weighted by Gasteiger charge is 2.30. The summed E-state index contributed by atoms with van der Waals surface area (Å²) in [6.07, 6.45) is 1.78. The van der Waals surface area contributed by atoms with Crippen LogP contribution in [0.3, 0.4) is 0 Å². The van der Waals surface area contributed by atoms with Crippen molar-refractivity contribution in [2.75, 3.05) is 17.1 Å². The highest BCUT2D eigenvalue weighted by Crippen LogP contribution is 2.22. The maximum atomic E-state index is 13.4. The van der Waals surface area contributed by atoms with E-state index in [1.807, 2.05) is 44.2 Å². The number of nitrogens with zero attached hydrogens (tertiary/aromatic N) is 2. The molecule has 0 saturated heterocycles. The summed E-state index contributed by atoms with van der Waals surface area (Å²) >= 11 is 6.03. The number of hydrogen-bond acceptors (Lipinski definition) is 4. The molecular formula is C23H30ClN3O4S. The molecule has 0 saturated carbocycles. The van der Waals surface area contributed by atoms with E-state index in [0.717, 1.165) is 22.5 Å². The molecule has 0 aliphatic carbocycles. The first-order valence-corrected chi connectivity index (χ1v) is 12.6. The fraction of sp³-hybridized carbons (Fsp3) is 0.391. The van der Waals surface area contributed by atoms with Crippen LogP contribution in [0.2, 0.25) is 5.02 Å². The van der Waals surface area contributed by atoms with Crippen molar-refractivity contribution in [3.05, 3.63) is 65.2 Å². The number of halogens is 1. The molecule has 2 atom stereocenters. The minimum absolute atomic E-state index is 0.0439. The van der Waals surface area contributed by atoms with Crippen molar-refractivity contribution in [3.63, 3.8) is 0 Å². The van der Waals surface area contributed by atoms with Gasteiger partial charge in [-0.3, -0.25) is 13.9 Å². The Kier molecular flexibility index (Phi) is 9.09. The molecule has 32 heavy (non-hydrogen) atoms. The van der Waals surface area contributed by atoms with E-state index in [1.54, 1.807) is 25.1 Å². The molecule has 9 heteroatoms. The summed E-state index contributed by atoms with van der Waals surface area (Å²) in [6.45, 7) is 5.20. The molecule has 2 rings (SSSR count). The van der Waals surface area contributed by atoms with Crippen molar-refractivity contribution in [1.82, 2.24) is 10.2 Å². The monoisotopic (exact) mass is 479 g/mol. The molecule has 1 N–H and O–H groups in total. The Bertz CT molecular complexity index is 1030. The molecular weight excluding hydrogens is 450 g/mol. The molecule has 0 radical (unpaired) electrons. The third-order valence-electron chi connectivity index (χ3n) is 5.14. The smallest absolute Gasteiger partial charge is 0.244 e. The summed E-state index contributed by atoms with van der Waals surface area (Å²) in [7, 11) is -3.78. The second kappa shape index (κ2) is 11.3. The molecule has 7 nitrogen and oxygen atoms in total. The van der Waals surface area contributed by atoms with Crippen LogP contribution in [0.4, 0.5) is 5.69 Å². The Labute approximate surface area is 195 Å². The number of anilines is 1. The van der Waals surface area contributed by atoms with E-state index < -0.39 is 28.5 Å². The molecule has 0 aliphatic rings. The zero-order chi connectivity index (χ0) is 23.9. The van der Waals surface area contributed by atoms with Gasteiger partial charge in [0, 0.05) is 17.6 Å². The predicted octanol–water partition coefficient (Wildman–Crippen LogP) is 3.44. The zero-order valence-electron chi connectivity index (χ0n) is 18.8. The van der Waals surface area contributed by atoms with E-state index in [-0.39, 0.29) is 24.2 Å². The standard InChI is InChI=1S/C23H30ClN3O4S/c1-5-17(2)25-23(29)18(3)26(15-19-10-7-6-8-11-19)22(28)16-27(32(4,30)31)21-13-9-12-20(24)14-21/h6-14,17-18H,5,15-16H2,1-4H3,(H,25,29)/t17-,18+/m0/s1. The van der Waals surface area contributed by atoms with E-state index >= 15 is 0 Å². The summed E-state index contributed by atoms with van der Waals surface area (Å²) in [5.74, 6) is -0.789. The minimum Gasteiger partial charge on any atom is -0.352 e. The Morgan fingerprint density at radius 1 is 1.06 bits per heavy atom. The lowest BCUT2D eigenvalue weighted by Gasteiger charge is -2.32. The molecule has 174 valence electrons. The topological polar surface area (TPSA) is 86.8 Å². The average molecular weight is 480 g/mol. The number of nitrogens with one attached hydrogen (secondary N) is 1. The lowest BCUT2D eigenvalue weighted by atomic mass is 10.1. The number of rotatable bonds is 10. The van der Waals surface area contributed by atoms with Crippen molar-refractivity contribution in [2.24, 2.45) is 0 Å². The predicted molar refractivity (Wildman–Crippen MR) is 128 cm³/mol. The second-order valence-electron chi connectivity index (χ2n) is 7.75. The van der Waals surface area contributed by atoms with Crippen LogP contribution in [0.5, 0.6) is 0 Å². The van der Waals surface area contributed by atoms with E-state index in [1.165, 1.54) is 11.0 Å². The van der Waals surface area contributed by atoms with Crippen molar-refractivity contribution in [1.29, 1.82) is 0 Å². The molecule has 0 spiro atoms. The van der Waals surface area contributed by atoms with Gasteiger partial charge < -0.3 is 10.2 Å². The van der Waals surface area contributed by atoms with Gasteiger partial charge in [-0.1, -0.05) is 54.9 Å². The summed E-state index contributed by atoms with van der Waals surface area (Å²) < 4.78 is 26.0. The van der Waals surface area contributed by atoms with E-state index in [0.29, 0.717) is 5.02 Å². The van der Waals surface area contributed by atoms with Gasteiger partial charge in [0.25, 0.3) is 0 Å². The maximum Gasteiger partial charge on any atom is 0.244 e. The number of amides is 2. The fourth-order valence-electron chi connectivity index (χ4n) is 3.07. The number of carbonyl (C=O) groups is 2. The fourth-order valence-corrected chi connectivity index (χ4v) is 4.10. The van der Waals surface area contributed by atoms with Gasteiger partial charge in [-0.15, -0.1) is 0 Å². The Morgan fingerprint density at radius 2 is 1.72 bits per heavy atom. The Morgan fingerprint density at radius 3 is 2.28 bits per heavy atom. The molecule has 2 aromatic rings. The number of benzene rings is 2. The molecule has 0 aromatic heterocycles. The lowest BCUT2D eigenvalue weighted by Crippen LogP contribution is -2.52. The lowest BCUT2D eigenvalue weighted by molar-refractivity contribution is -0.139. The van der Waals surface area contributed by atoms with Gasteiger partial charge in [0.05, 0.1) is 11.9 Å². The molecule has 0 unspecified atom stereocenters. The largest absolute Gasteiger partial charge is 0.352 e. The number of carbonyl (C=O) groups excluding carboxylic acids is 2. The SMILES string of the molecule is CC[C@H](C)NC(=O)[C@@H](C)N(Cc1ccccc1)C(=O)CN(c1cccc(Cl)c1)S(C)(=O)=O. The first-order chi connectivity index (χ1) is 15.0. The van der Waals surface area contributed by atoms with Crippen LogP contribution in [0, 0.1) is 0 Å². The third kappa shape index (κ3) is 7.24. The van der Waals surface area contributed by atoms with Crippen molar-refractivity contribution in [2.45, 2.75) is 45.8 Å². The molecule has 0 fully saturated rings. The maximum absolute atomic E-state index is 13.4. The van der Waals surface area contributed by atoms with Gasteiger partial charge in [-0.05, 0) is 44.0 Å². The van der Waals surface area contributed by atoms with Gasteiger partial charge in [-0.2, -0.15) is 0 Å². The van der Waals surface area contributed by atoms with Crippen molar-refractivity contribution in [3.8, 4) is 0 Å². The van der Waals surface area contributed by atoms with Crippen molar-refractivity contribution >= 4 is 39.1 Å². The first kappa shape index (κ1) is 25.7. The summed E-state index contributed by atoms with van der Waals surface area (Å²) in [5.41, 5.74) is 1.11. The van der Waals surface area contributed by atoms with E-state index in [9.17, 15) is 18.0 Å². The van der Waals surface area contributed by atoms with E-state index in [2.05, 4.69) is 5.32 Å². The van der Waals surface area contributed by atoms with Crippen LogP contribution in [0.25, 0.3) is 0 Å². The summed E-state index contributed by atoms with van der Waals surface area (Å²) in [4.78, 5) is 27.6.